The van der Waals surface area contributed by atoms with E-state index >= 15 is 0 Å². The van der Waals surface area contributed by atoms with Crippen LogP contribution in [0.4, 0.5) is 0 Å². The van der Waals surface area contributed by atoms with Gasteiger partial charge >= 0.3 is 0 Å². The minimum Gasteiger partial charge on any atom is -0.354 e. The molecular formula is C11H17NO. The lowest BCUT2D eigenvalue weighted by molar-refractivity contribution is 0.444. The van der Waals surface area contributed by atoms with Gasteiger partial charge in [0.1, 0.15) is 0 Å². The summed E-state index contributed by atoms with van der Waals surface area (Å²) in [5, 5.41) is 0. The molecule has 0 fully saturated rings. The molecule has 0 saturated heterocycles. The number of hydrogen-bond acceptors (Lipinski definition) is 1. The Morgan fingerprint density at radius 3 is 2.54 bits per heavy atom. The molecule has 0 spiro atoms. The third-order valence-corrected chi connectivity index (χ3v) is 2.16. The first-order valence-electron chi connectivity index (χ1n) is 4.88. The van der Waals surface area contributed by atoms with Gasteiger partial charge in [0.15, 0.2) is 5.43 Å². The summed E-state index contributed by atoms with van der Waals surface area (Å²) in [7, 11) is 0. The SMILES string of the molecule is CCCC(C)Cn1ccc(=O)cc1. The van der Waals surface area contributed by atoms with Crippen LogP contribution in [0.5, 0.6) is 0 Å². The lowest BCUT2D eigenvalue weighted by Crippen LogP contribution is -2.09. The summed E-state index contributed by atoms with van der Waals surface area (Å²) in [6, 6.07) is 3.22. The highest BCUT2D eigenvalue weighted by Crippen LogP contribution is 2.07. The van der Waals surface area contributed by atoms with Crippen LogP contribution in [0.25, 0.3) is 0 Å². The molecule has 0 aromatic carbocycles. The van der Waals surface area contributed by atoms with Crippen LogP contribution in [-0.2, 0) is 6.54 Å². The maximum atomic E-state index is 10.8. The van der Waals surface area contributed by atoms with Crippen LogP contribution in [0.3, 0.4) is 0 Å². The quantitative estimate of drug-likeness (QED) is 0.695. The highest BCUT2D eigenvalue weighted by molar-refractivity contribution is 4.93. The van der Waals surface area contributed by atoms with Crippen molar-refractivity contribution in [2.45, 2.75) is 33.2 Å². The summed E-state index contributed by atoms with van der Waals surface area (Å²) in [6.45, 7) is 5.44. The fourth-order valence-corrected chi connectivity index (χ4v) is 1.51. The van der Waals surface area contributed by atoms with Crippen molar-refractivity contribution < 1.29 is 0 Å². The molecule has 0 aliphatic rings. The second kappa shape index (κ2) is 4.85. The van der Waals surface area contributed by atoms with Crippen LogP contribution < -0.4 is 5.43 Å². The first kappa shape index (κ1) is 10.0. The van der Waals surface area contributed by atoms with Crippen LogP contribution in [0.1, 0.15) is 26.7 Å². The van der Waals surface area contributed by atoms with Crippen molar-refractivity contribution in [2.75, 3.05) is 0 Å². The van der Waals surface area contributed by atoms with Gasteiger partial charge in [-0.2, -0.15) is 0 Å². The molecule has 0 aliphatic carbocycles. The Kier molecular flexibility index (Phi) is 3.74. The molecule has 0 amide bonds. The fraction of sp³-hybridized carbons (Fsp3) is 0.545. The number of hydrogen-bond donors (Lipinski definition) is 0. The molecule has 2 nitrogen and oxygen atoms in total. The van der Waals surface area contributed by atoms with Gasteiger partial charge < -0.3 is 4.57 Å². The van der Waals surface area contributed by atoms with Gasteiger partial charge in [0.25, 0.3) is 0 Å². The van der Waals surface area contributed by atoms with E-state index in [4.69, 9.17) is 0 Å². The average molecular weight is 179 g/mol. The van der Waals surface area contributed by atoms with E-state index in [-0.39, 0.29) is 5.43 Å². The van der Waals surface area contributed by atoms with Gasteiger partial charge in [0, 0.05) is 31.1 Å². The summed E-state index contributed by atoms with van der Waals surface area (Å²) in [5.41, 5.74) is 0.0828. The van der Waals surface area contributed by atoms with Crippen LogP contribution in [-0.4, -0.2) is 4.57 Å². The summed E-state index contributed by atoms with van der Waals surface area (Å²) in [4.78, 5) is 10.8. The molecule has 2 heteroatoms. The highest BCUT2D eigenvalue weighted by atomic mass is 16.1. The van der Waals surface area contributed by atoms with Crippen LogP contribution >= 0.6 is 0 Å². The molecule has 0 radical (unpaired) electrons. The van der Waals surface area contributed by atoms with Gasteiger partial charge in [-0.05, 0) is 12.3 Å². The van der Waals surface area contributed by atoms with E-state index in [1.54, 1.807) is 12.1 Å². The first-order valence-corrected chi connectivity index (χ1v) is 4.88. The fourth-order valence-electron chi connectivity index (χ4n) is 1.51. The van der Waals surface area contributed by atoms with Gasteiger partial charge in [-0.25, -0.2) is 0 Å². The third kappa shape index (κ3) is 3.45. The van der Waals surface area contributed by atoms with Gasteiger partial charge in [-0.3, -0.25) is 4.79 Å². The summed E-state index contributed by atoms with van der Waals surface area (Å²) >= 11 is 0. The standard InChI is InChI=1S/C11H17NO/c1-3-4-10(2)9-12-7-5-11(13)6-8-12/h5-8,10H,3-4,9H2,1-2H3. The molecule has 1 heterocycles. The van der Waals surface area contributed by atoms with Crippen molar-refractivity contribution in [1.29, 1.82) is 0 Å². The molecule has 1 unspecified atom stereocenters. The predicted octanol–water partition coefficient (Wildman–Crippen LogP) is 2.28. The molecule has 0 N–H and O–H groups in total. The number of rotatable bonds is 4. The zero-order valence-electron chi connectivity index (χ0n) is 8.36. The molecule has 1 rings (SSSR count). The van der Waals surface area contributed by atoms with Crippen LogP contribution in [0.2, 0.25) is 0 Å². The molecule has 13 heavy (non-hydrogen) atoms. The van der Waals surface area contributed by atoms with Gasteiger partial charge in [-0.15, -0.1) is 0 Å². The minimum absolute atomic E-state index is 0.0828. The van der Waals surface area contributed by atoms with E-state index in [1.807, 2.05) is 12.4 Å². The van der Waals surface area contributed by atoms with Crippen LogP contribution in [0.15, 0.2) is 29.3 Å². The van der Waals surface area contributed by atoms with E-state index in [0.29, 0.717) is 5.92 Å². The van der Waals surface area contributed by atoms with Crippen LogP contribution in [0, 0.1) is 5.92 Å². The van der Waals surface area contributed by atoms with Crippen molar-refractivity contribution in [1.82, 2.24) is 4.57 Å². The lowest BCUT2D eigenvalue weighted by Gasteiger charge is -2.12. The second-order valence-electron chi connectivity index (χ2n) is 3.62. The van der Waals surface area contributed by atoms with E-state index in [9.17, 15) is 4.79 Å². The normalized spacial score (nSPS) is 12.8. The lowest BCUT2D eigenvalue weighted by atomic mass is 10.1. The molecular weight excluding hydrogens is 162 g/mol. The zero-order chi connectivity index (χ0) is 9.68. The van der Waals surface area contributed by atoms with E-state index < -0.39 is 0 Å². The molecule has 72 valence electrons. The Labute approximate surface area is 79.2 Å². The van der Waals surface area contributed by atoms with Crippen molar-refractivity contribution >= 4 is 0 Å². The minimum atomic E-state index is 0.0828. The van der Waals surface area contributed by atoms with Gasteiger partial charge in [-0.1, -0.05) is 20.3 Å². The zero-order valence-corrected chi connectivity index (χ0v) is 8.36. The third-order valence-electron chi connectivity index (χ3n) is 2.16. The summed E-state index contributed by atoms with van der Waals surface area (Å²) in [6.07, 6.45) is 6.18. The topological polar surface area (TPSA) is 22.0 Å². The van der Waals surface area contributed by atoms with Crippen molar-refractivity contribution in [3.05, 3.63) is 34.7 Å². The summed E-state index contributed by atoms with van der Waals surface area (Å²) in [5.74, 6) is 0.688. The van der Waals surface area contributed by atoms with Crippen molar-refractivity contribution in [3.8, 4) is 0 Å². The Hall–Kier alpha value is -1.05. The Bertz CT molecular complexity index is 283. The molecule has 1 atom stereocenters. The Morgan fingerprint density at radius 1 is 1.38 bits per heavy atom. The Morgan fingerprint density at radius 2 is 2.00 bits per heavy atom. The molecule has 1 aromatic heterocycles. The molecule has 1 aromatic rings. The van der Waals surface area contributed by atoms with Crippen molar-refractivity contribution in [2.24, 2.45) is 5.92 Å². The Balaban J connectivity index is 2.54. The molecule has 0 saturated carbocycles. The van der Waals surface area contributed by atoms with E-state index in [0.717, 1.165) is 6.54 Å². The number of pyridine rings is 1. The van der Waals surface area contributed by atoms with E-state index in [2.05, 4.69) is 18.4 Å². The smallest absolute Gasteiger partial charge is 0.181 e. The maximum absolute atomic E-state index is 10.8. The van der Waals surface area contributed by atoms with Gasteiger partial charge in [0.2, 0.25) is 0 Å². The maximum Gasteiger partial charge on any atom is 0.181 e. The second-order valence-corrected chi connectivity index (χ2v) is 3.62. The molecule has 0 bridgehead atoms. The highest BCUT2D eigenvalue weighted by Gasteiger charge is 1.99. The first-order chi connectivity index (χ1) is 6.22. The average Bonchev–Trinajstić information content (AvgIpc) is 2.09. The largest absolute Gasteiger partial charge is 0.354 e. The monoisotopic (exact) mass is 179 g/mol. The van der Waals surface area contributed by atoms with E-state index in [1.165, 1.54) is 12.8 Å². The predicted molar refractivity (Wildman–Crippen MR) is 54.8 cm³/mol. The number of nitrogens with zero attached hydrogens (tertiary/aromatic N) is 1. The van der Waals surface area contributed by atoms with Gasteiger partial charge in [0.05, 0.1) is 0 Å². The summed E-state index contributed by atoms with van der Waals surface area (Å²) < 4.78 is 2.07. The molecule has 0 aliphatic heterocycles. The van der Waals surface area contributed by atoms with Crippen molar-refractivity contribution in [3.63, 3.8) is 0 Å². The number of aromatic nitrogens is 1.